The fraction of sp³-hybridized carbons (Fsp3) is 0.444. The quantitative estimate of drug-likeness (QED) is 0.788. The van der Waals surface area contributed by atoms with E-state index in [2.05, 4.69) is 4.72 Å². The van der Waals surface area contributed by atoms with Gasteiger partial charge in [0, 0.05) is 22.8 Å². The highest BCUT2D eigenvalue weighted by atomic mass is 32.2. The van der Waals surface area contributed by atoms with E-state index < -0.39 is 20.0 Å². The Morgan fingerprint density at radius 3 is 2.22 bits per heavy atom. The molecule has 3 rings (SSSR count). The molecule has 0 bridgehead atoms. The van der Waals surface area contributed by atoms with Crippen LogP contribution < -0.4 is 4.72 Å². The van der Waals surface area contributed by atoms with Crippen molar-refractivity contribution in [1.82, 2.24) is 4.31 Å². The highest BCUT2D eigenvalue weighted by Gasteiger charge is 2.27. The van der Waals surface area contributed by atoms with Crippen molar-refractivity contribution >= 4 is 37.1 Å². The van der Waals surface area contributed by atoms with E-state index in [1.54, 1.807) is 26.0 Å². The van der Waals surface area contributed by atoms with Crippen LogP contribution in [0.2, 0.25) is 0 Å². The number of nitrogens with zero attached hydrogens (tertiary/aromatic N) is 1. The summed E-state index contributed by atoms with van der Waals surface area (Å²) >= 11 is 1.42. The van der Waals surface area contributed by atoms with E-state index in [-0.39, 0.29) is 15.5 Å². The summed E-state index contributed by atoms with van der Waals surface area (Å²) in [6.07, 6.45) is 2.73. The van der Waals surface area contributed by atoms with Crippen LogP contribution in [0.4, 0.5) is 5.69 Å². The van der Waals surface area contributed by atoms with E-state index in [4.69, 9.17) is 0 Å². The number of hydrogen-bond donors (Lipinski definition) is 1. The lowest BCUT2D eigenvalue weighted by Gasteiger charge is -2.26. The molecule has 1 N–H and O–H groups in total. The van der Waals surface area contributed by atoms with E-state index in [1.807, 2.05) is 6.92 Å². The Bertz CT molecular complexity index is 1050. The average Bonchev–Trinajstić information content (AvgIpc) is 2.96. The second-order valence-corrected chi connectivity index (χ2v) is 11.9. The topological polar surface area (TPSA) is 83.5 Å². The maximum atomic E-state index is 12.9. The number of thiophene rings is 1. The Hall–Kier alpha value is -1.42. The zero-order valence-corrected chi connectivity index (χ0v) is 18.1. The number of piperidine rings is 1. The van der Waals surface area contributed by atoms with Gasteiger partial charge in [0.15, 0.2) is 0 Å². The molecule has 1 aromatic heterocycles. The Balaban J connectivity index is 1.95. The van der Waals surface area contributed by atoms with Gasteiger partial charge in [-0.05, 0) is 57.4 Å². The summed E-state index contributed by atoms with van der Waals surface area (Å²) < 4.78 is 55.4. The molecule has 148 valence electrons. The molecule has 0 saturated carbocycles. The second-order valence-electron chi connectivity index (χ2n) is 6.82. The monoisotopic (exact) mass is 428 g/mol. The molecule has 0 radical (unpaired) electrons. The Labute approximate surface area is 165 Å². The van der Waals surface area contributed by atoms with Gasteiger partial charge in [-0.3, -0.25) is 4.72 Å². The maximum Gasteiger partial charge on any atom is 0.263 e. The van der Waals surface area contributed by atoms with Crippen molar-refractivity contribution in [2.75, 3.05) is 17.8 Å². The smallest absolute Gasteiger partial charge is 0.263 e. The van der Waals surface area contributed by atoms with Crippen molar-refractivity contribution in [2.45, 2.75) is 49.8 Å². The van der Waals surface area contributed by atoms with Gasteiger partial charge in [-0.25, -0.2) is 16.8 Å². The molecule has 1 fully saturated rings. The van der Waals surface area contributed by atoms with Crippen LogP contribution in [0.15, 0.2) is 34.1 Å². The second kappa shape index (κ2) is 7.54. The van der Waals surface area contributed by atoms with Crippen molar-refractivity contribution in [2.24, 2.45) is 0 Å². The van der Waals surface area contributed by atoms with Gasteiger partial charge in [0.2, 0.25) is 10.0 Å². The van der Waals surface area contributed by atoms with Gasteiger partial charge < -0.3 is 0 Å². The first-order valence-corrected chi connectivity index (χ1v) is 12.6. The number of rotatable bonds is 5. The fourth-order valence-corrected chi connectivity index (χ4v) is 7.42. The molecule has 0 unspecified atom stereocenters. The van der Waals surface area contributed by atoms with E-state index in [0.717, 1.165) is 24.1 Å². The van der Waals surface area contributed by atoms with Gasteiger partial charge in [-0.1, -0.05) is 12.5 Å². The van der Waals surface area contributed by atoms with Crippen LogP contribution in [0, 0.1) is 20.8 Å². The first-order valence-electron chi connectivity index (χ1n) is 8.82. The van der Waals surface area contributed by atoms with Crippen LogP contribution in [-0.2, 0) is 20.0 Å². The molecule has 0 aliphatic carbocycles. The first-order chi connectivity index (χ1) is 12.6. The summed E-state index contributed by atoms with van der Waals surface area (Å²) in [5.41, 5.74) is 0.956. The lowest BCUT2D eigenvalue weighted by atomic mass is 10.2. The van der Waals surface area contributed by atoms with E-state index in [9.17, 15) is 16.8 Å². The molecule has 6 nitrogen and oxygen atoms in total. The van der Waals surface area contributed by atoms with Gasteiger partial charge in [-0.15, -0.1) is 11.3 Å². The predicted octanol–water partition coefficient (Wildman–Crippen LogP) is 3.65. The largest absolute Gasteiger partial charge is 0.279 e. The van der Waals surface area contributed by atoms with Crippen molar-refractivity contribution in [3.8, 4) is 0 Å². The number of sulfonamides is 2. The molecule has 9 heteroatoms. The molecule has 27 heavy (non-hydrogen) atoms. The Kier molecular flexibility index (Phi) is 5.67. The van der Waals surface area contributed by atoms with Crippen molar-refractivity contribution in [3.63, 3.8) is 0 Å². The van der Waals surface area contributed by atoms with E-state index in [1.165, 1.54) is 27.8 Å². The third kappa shape index (κ3) is 4.21. The summed E-state index contributed by atoms with van der Waals surface area (Å²) in [5, 5.41) is 0. The van der Waals surface area contributed by atoms with E-state index >= 15 is 0 Å². The van der Waals surface area contributed by atoms with Gasteiger partial charge in [0.05, 0.1) is 10.6 Å². The number of nitrogens with one attached hydrogen (secondary N) is 1. The molecule has 2 aromatic rings. The fourth-order valence-electron chi connectivity index (χ4n) is 3.20. The molecule has 1 aliphatic rings. The SMILES string of the molecule is Cc1cc(S(=O)(=O)Nc2cc(S(=O)(=O)N3CCCCC3)ccc2C)c(C)s1. The van der Waals surface area contributed by atoms with Crippen molar-refractivity contribution in [3.05, 3.63) is 39.6 Å². The molecular weight excluding hydrogens is 404 g/mol. The normalized spacial score (nSPS) is 16.4. The van der Waals surface area contributed by atoms with Crippen molar-refractivity contribution < 1.29 is 16.8 Å². The van der Waals surface area contributed by atoms with Gasteiger partial charge in [0.25, 0.3) is 10.0 Å². The van der Waals surface area contributed by atoms with Gasteiger partial charge in [0.1, 0.15) is 4.90 Å². The zero-order chi connectivity index (χ0) is 19.8. The van der Waals surface area contributed by atoms with Crippen LogP contribution >= 0.6 is 11.3 Å². The minimum absolute atomic E-state index is 0.117. The standard InChI is InChI=1S/C18H24N2O4S3/c1-13-7-8-16(27(23,24)20-9-5-4-6-10-20)12-17(13)19-26(21,22)18-11-14(2)25-15(18)3/h7-8,11-12,19H,4-6,9-10H2,1-3H3. The summed E-state index contributed by atoms with van der Waals surface area (Å²) in [4.78, 5) is 1.96. The Morgan fingerprint density at radius 1 is 0.963 bits per heavy atom. The third-order valence-electron chi connectivity index (χ3n) is 4.69. The molecular formula is C18H24N2O4S3. The summed E-state index contributed by atoms with van der Waals surface area (Å²) in [6, 6.07) is 6.23. The first kappa shape index (κ1) is 20.3. The minimum Gasteiger partial charge on any atom is -0.279 e. The van der Waals surface area contributed by atoms with E-state index in [0.29, 0.717) is 23.5 Å². The molecule has 2 heterocycles. The average molecular weight is 429 g/mol. The van der Waals surface area contributed by atoms with Crippen molar-refractivity contribution in [1.29, 1.82) is 0 Å². The highest BCUT2D eigenvalue weighted by Crippen LogP contribution is 2.30. The van der Waals surface area contributed by atoms with Crippen LogP contribution in [0.25, 0.3) is 0 Å². The molecule has 0 amide bonds. The molecule has 1 saturated heterocycles. The van der Waals surface area contributed by atoms with Gasteiger partial charge >= 0.3 is 0 Å². The number of anilines is 1. The summed E-state index contributed by atoms with van der Waals surface area (Å²) in [6.45, 7) is 6.38. The molecule has 1 aromatic carbocycles. The summed E-state index contributed by atoms with van der Waals surface area (Å²) in [7, 11) is -7.41. The lowest BCUT2D eigenvalue weighted by molar-refractivity contribution is 0.346. The molecule has 0 spiro atoms. The highest BCUT2D eigenvalue weighted by molar-refractivity contribution is 7.93. The van der Waals surface area contributed by atoms with Crippen LogP contribution in [0.1, 0.15) is 34.6 Å². The van der Waals surface area contributed by atoms with Gasteiger partial charge in [-0.2, -0.15) is 4.31 Å². The number of hydrogen-bond acceptors (Lipinski definition) is 5. The number of aryl methyl sites for hydroxylation is 3. The maximum absolute atomic E-state index is 12.9. The van der Waals surface area contributed by atoms with Crippen LogP contribution in [0.5, 0.6) is 0 Å². The third-order valence-corrected chi connectivity index (χ3v) is 9.17. The zero-order valence-electron chi connectivity index (χ0n) is 15.6. The molecule has 0 atom stereocenters. The lowest BCUT2D eigenvalue weighted by Crippen LogP contribution is -2.35. The molecule has 1 aliphatic heterocycles. The Morgan fingerprint density at radius 2 is 1.63 bits per heavy atom. The predicted molar refractivity (Wildman–Crippen MR) is 108 cm³/mol. The summed E-state index contributed by atoms with van der Waals surface area (Å²) in [5.74, 6) is 0. The van der Waals surface area contributed by atoms with Crippen LogP contribution in [0.3, 0.4) is 0 Å². The number of benzene rings is 1. The van der Waals surface area contributed by atoms with Crippen LogP contribution in [-0.4, -0.2) is 34.2 Å². The minimum atomic E-state index is -3.78.